The minimum atomic E-state index is -0.467. The maximum absolute atomic E-state index is 13.4. The second-order valence-corrected chi connectivity index (χ2v) is 9.52. The molecule has 0 N–H and O–H groups in total. The van der Waals surface area contributed by atoms with Crippen molar-refractivity contribution < 1.29 is 8.83 Å². The number of rotatable bonds is 5. The number of aryl methyl sites for hydroxylation is 1. The van der Waals surface area contributed by atoms with Crippen molar-refractivity contribution in [3.8, 4) is 28.3 Å². The molecule has 0 spiro atoms. The van der Waals surface area contributed by atoms with E-state index in [9.17, 15) is 4.79 Å². The van der Waals surface area contributed by atoms with Crippen molar-refractivity contribution >= 4 is 40.0 Å². The smallest absolute Gasteiger partial charge is 0.317 e. The summed E-state index contributed by atoms with van der Waals surface area (Å²) < 4.78 is 14.6. The predicted octanol–water partition coefficient (Wildman–Crippen LogP) is 6.49. The maximum Gasteiger partial charge on any atom is 0.317 e. The Kier molecular flexibility index (Phi) is 5.64. The lowest BCUT2D eigenvalue weighted by Crippen LogP contribution is -2.16. The van der Waals surface area contributed by atoms with Crippen LogP contribution in [0.15, 0.2) is 110 Å². The summed E-state index contributed by atoms with van der Waals surface area (Å²) in [7, 11) is 0. The molecule has 5 heterocycles. The normalized spacial score (nSPS) is 11.8. The summed E-state index contributed by atoms with van der Waals surface area (Å²) >= 11 is 6.08. The molecule has 0 amide bonds. The van der Waals surface area contributed by atoms with Gasteiger partial charge in [-0.25, -0.2) is 14.6 Å². The van der Waals surface area contributed by atoms with Crippen molar-refractivity contribution in [2.24, 2.45) is 5.10 Å². The summed E-state index contributed by atoms with van der Waals surface area (Å²) in [6.07, 6.45) is 6.38. The summed E-state index contributed by atoms with van der Waals surface area (Å²) in [6.45, 7) is 1.88. The van der Waals surface area contributed by atoms with Gasteiger partial charge in [-0.2, -0.15) is 14.9 Å². The molecule has 0 aliphatic heterocycles. The summed E-state index contributed by atoms with van der Waals surface area (Å²) in [5.74, 6) is 0.597. The van der Waals surface area contributed by atoms with Crippen LogP contribution in [0.4, 0.5) is 0 Å². The Morgan fingerprint density at radius 3 is 2.62 bits per heavy atom. The standard InChI is InChI=1S/C30H19ClN6O3/c1-18-20(16-36(35-18)22-6-3-2-4-7-22)15-33-37-17-32-27-26-23(25-8-5-13-39-25)14-24(19-9-11-21(31)12-10-19)34-29(26)40-28(27)30(37)38/h2-17H,1H3/b33-15+. The van der Waals surface area contributed by atoms with Gasteiger partial charge in [-0.05, 0) is 49.4 Å². The van der Waals surface area contributed by atoms with Gasteiger partial charge in [0.2, 0.25) is 11.3 Å². The molecule has 0 fully saturated rings. The van der Waals surface area contributed by atoms with Crippen LogP contribution in [0, 0.1) is 6.92 Å². The molecule has 9 nitrogen and oxygen atoms in total. The van der Waals surface area contributed by atoms with Crippen LogP contribution in [0.2, 0.25) is 5.02 Å². The minimum Gasteiger partial charge on any atom is -0.464 e. The second kappa shape index (κ2) is 9.48. The zero-order valence-corrected chi connectivity index (χ0v) is 21.8. The molecule has 7 rings (SSSR count). The number of aromatic nitrogens is 5. The fourth-order valence-electron chi connectivity index (χ4n) is 4.53. The quantitative estimate of drug-likeness (QED) is 0.228. The van der Waals surface area contributed by atoms with Crippen LogP contribution in [0.1, 0.15) is 11.3 Å². The summed E-state index contributed by atoms with van der Waals surface area (Å²) in [5.41, 5.74) is 4.84. The highest BCUT2D eigenvalue weighted by atomic mass is 35.5. The molecule has 0 bridgehead atoms. The van der Waals surface area contributed by atoms with Gasteiger partial charge in [-0.1, -0.05) is 41.9 Å². The Balaban J connectivity index is 1.34. The van der Waals surface area contributed by atoms with Crippen LogP contribution >= 0.6 is 11.6 Å². The molecule has 7 aromatic rings. The largest absolute Gasteiger partial charge is 0.464 e. The Labute approximate surface area is 231 Å². The van der Waals surface area contributed by atoms with Gasteiger partial charge >= 0.3 is 5.56 Å². The molecule has 0 atom stereocenters. The third kappa shape index (κ3) is 4.09. The lowest BCUT2D eigenvalue weighted by Gasteiger charge is -2.05. The number of furan rings is 2. The maximum atomic E-state index is 13.4. The monoisotopic (exact) mass is 546 g/mol. The van der Waals surface area contributed by atoms with E-state index in [0.717, 1.165) is 27.2 Å². The molecule has 194 valence electrons. The minimum absolute atomic E-state index is 0.0416. The Morgan fingerprint density at radius 1 is 1.02 bits per heavy atom. The Hall–Kier alpha value is -5.28. The number of hydrogen-bond acceptors (Lipinski definition) is 7. The summed E-state index contributed by atoms with van der Waals surface area (Å²) in [5, 5.41) is 10.1. The van der Waals surface area contributed by atoms with Gasteiger partial charge < -0.3 is 8.83 Å². The number of fused-ring (bicyclic) bond motifs is 3. The van der Waals surface area contributed by atoms with Gasteiger partial charge in [0.15, 0.2) is 0 Å². The molecular formula is C30H19ClN6O3. The fraction of sp³-hybridized carbons (Fsp3) is 0.0333. The van der Waals surface area contributed by atoms with Gasteiger partial charge in [0.25, 0.3) is 0 Å². The predicted molar refractivity (Wildman–Crippen MR) is 153 cm³/mol. The highest BCUT2D eigenvalue weighted by Gasteiger charge is 2.21. The number of nitrogens with zero attached hydrogens (tertiary/aromatic N) is 6. The topological polar surface area (TPSA) is 104 Å². The lowest BCUT2D eigenvalue weighted by molar-refractivity contribution is 0.582. The Bertz CT molecular complexity index is 2090. The first kappa shape index (κ1) is 23.8. The van der Waals surface area contributed by atoms with Gasteiger partial charge in [-0.15, -0.1) is 0 Å². The molecule has 40 heavy (non-hydrogen) atoms. The molecular weight excluding hydrogens is 528 g/mol. The van der Waals surface area contributed by atoms with Crippen molar-refractivity contribution in [3.05, 3.63) is 118 Å². The van der Waals surface area contributed by atoms with E-state index in [2.05, 4.69) is 15.2 Å². The first-order valence-corrected chi connectivity index (χ1v) is 12.7. The summed E-state index contributed by atoms with van der Waals surface area (Å²) in [4.78, 5) is 22.7. The van der Waals surface area contributed by atoms with Crippen LogP contribution in [0.25, 0.3) is 50.5 Å². The highest BCUT2D eigenvalue weighted by Crippen LogP contribution is 2.37. The molecule has 0 saturated heterocycles. The van der Waals surface area contributed by atoms with Crippen molar-refractivity contribution in [2.45, 2.75) is 6.92 Å². The SMILES string of the molecule is Cc1nn(-c2ccccc2)cc1/C=N/n1cnc2c(oc3nc(-c4ccc(Cl)cc4)cc(-c4ccco4)c32)c1=O. The molecule has 0 saturated carbocycles. The van der Waals surface area contributed by atoms with Crippen molar-refractivity contribution in [1.82, 2.24) is 24.4 Å². The first-order chi connectivity index (χ1) is 19.5. The number of para-hydroxylation sites is 1. The first-order valence-electron chi connectivity index (χ1n) is 12.4. The summed E-state index contributed by atoms with van der Waals surface area (Å²) in [6, 6.07) is 22.6. The number of halogens is 1. The zero-order chi connectivity index (χ0) is 27.2. The zero-order valence-electron chi connectivity index (χ0n) is 21.0. The van der Waals surface area contributed by atoms with Gasteiger partial charge in [0.1, 0.15) is 17.6 Å². The molecule has 0 unspecified atom stereocenters. The van der Waals surface area contributed by atoms with Gasteiger partial charge in [0, 0.05) is 27.9 Å². The van der Waals surface area contributed by atoms with Crippen molar-refractivity contribution in [1.29, 1.82) is 0 Å². The number of benzene rings is 2. The fourth-order valence-corrected chi connectivity index (χ4v) is 4.66. The van der Waals surface area contributed by atoms with E-state index in [0.29, 0.717) is 32.9 Å². The van der Waals surface area contributed by atoms with Crippen molar-refractivity contribution in [3.63, 3.8) is 0 Å². The third-order valence-corrected chi connectivity index (χ3v) is 6.79. The Morgan fingerprint density at radius 2 is 1.85 bits per heavy atom. The van der Waals surface area contributed by atoms with Crippen LogP contribution in [0.3, 0.4) is 0 Å². The molecule has 0 aliphatic carbocycles. The van der Waals surface area contributed by atoms with E-state index in [4.69, 9.17) is 25.4 Å². The van der Waals surface area contributed by atoms with Crippen LogP contribution < -0.4 is 5.56 Å². The van der Waals surface area contributed by atoms with E-state index in [1.807, 2.05) is 67.7 Å². The van der Waals surface area contributed by atoms with Crippen LogP contribution in [-0.2, 0) is 0 Å². The molecule has 2 aromatic carbocycles. The molecule has 5 aromatic heterocycles. The van der Waals surface area contributed by atoms with Crippen molar-refractivity contribution in [2.75, 3.05) is 0 Å². The molecule has 10 heteroatoms. The van der Waals surface area contributed by atoms with E-state index in [1.165, 1.54) is 6.33 Å². The molecule has 0 radical (unpaired) electrons. The average molecular weight is 547 g/mol. The molecule has 0 aliphatic rings. The lowest BCUT2D eigenvalue weighted by atomic mass is 10.0. The number of pyridine rings is 1. The van der Waals surface area contributed by atoms with Crippen LogP contribution in [0.5, 0.6) is 0 Å². The second-order valence-electron chi connectivity index (χ2n) is 9.09. The number of hydrogen-bond donors (Lipinski definition) is 0. The van der Waals surface area contributed by atoms with E-state index in [-0.39, 0.29) is 11.3 Å². The highest BCUT2D eigenvalue weighted by molar-refractivity contribution is 6.30. The van der Waals surface area contributed by atoms with Crippen LogP contribution in [-0.4, -0.2) is 30.6 Å². The third-order valence-electron chi connectivity index (χ3n) is 6.54. The van der Waals surface area contributed by atoms with Gasteiger partial charge in [-0.3, -0.25) is 4.79 Å². The van der Waals surface area contributed by atoms with Gasteiger partial charge in [0.05, 0.1) is 34.9 Å². The van der Waals surface area contributed by atoms with E-state index in [1.54, 1.807) is 35.4 Å². The van der Waals surface area contributed by atoms with E-state index < -0.39 is 5.56 Å². The van der Waals surface area contributed by atoms with E-state index >= 15 is 0 Å². The average Bonchev–Trinajstić information content (AvgIpc) is 3.72.